The topological polar surface area (TPSA) is 22.9 Å². The average Bonchev–Trinajstić information content (AvgIpc) is 3.37. The Morgan fingerprint density at radius 1 is 0.692 bits per heavy atom. The van der Waals surface area contributed by atoms with Crippen molar-refractivity contribution < 1.29 is 9.31 Å². The summed E-state index contributed by atoms with van der Waals surface area (Å²) in [6, 6.07) is 27.4. The second-order valence-corrected chi connectivity index (χ2v) is 6.43. The molecule has 1 aliphatic rings. The molecule has 0 amide bonds. The Kier molecular flexibility index (Phi) is 3.85. The van der Waals surface area contributed by atoms with E-state index in [1.165, 1.54) is 22.3 Å². The van der Waals surface area contributed by atoms with Crippen molar-refractivity contribution in [2.24, 2.45) is 0 Å². The van der Waals surface area contributed by atoms with Crippen molar-refractivity contribution in [1.82, 2.24) is 4.40 Å². The van der Waals surface area contributed by atoms with Crippen molar-refractivity contribution in [1.29, 1.82) is 0 Å². The molecule has 1 saturated heterocycles. The minimum absolute atomic E-state index is 0.307. The molecule has 0 aliphatic carbocycles. The molecule has 2 aromatic heterocycles. The first kappa shape index (κ1) is 15.4. The minimum Gasteiger partial charge on any atom is -0.404 e. The molecular formula is C22H18BNO2. The van der Waals surface area contributed by atoms with Crippen LogP contribution < -0.4 is 5.59 Å². The van der Waals surface area contributed by atoms with E-state index in [0.29, 0.717) is 13.2 Å². The predicted molar refractivity (Wildman–Crippen MR) is 106 cm³/mol. The Bertz CT molecular complexity index is 1040. The molecule has 0 radical (unpaired) electrons. The quantitative estimate of drug-likeness (QED) is 0.526. The number of aromatic nitrogens is 1. The van der Waals surface area contributed by atoms with Crippen LogP contribution in [0.25, 0.3) is 27.8 Å². The third-order valence-electron chi connectivity index (χ3n) is 4.85. The fraction of sp³-hybridized carbons (Fsp3) is 0.0909. The molecule has 0 saturated carbocycles. The number of benzene rings is 2. The third-order valence-corrected chi connectivity index (χ3v) is 4.85. The zero-order valence-electron chi connectivity index (χ0n) is 14.3. The summed E-state index contributed by atoms with van der Waals surface area (Å²) in [5.74, 6) is 0. The van der Waals surface area contributed by atoms with Crippen molar-refractivity contribution in [2.75, 3.05) is 13.2 Å². The number of nitrogens with zero attached hydrogens (tertiary/aromatic N) is 1. The van der Waals surface area contributed by atoms with Gasteiger partial charge in [-0.1, -0.05) is 66.7 Å². The van der Waals surface area contributed by atoms with Gasteiger partial charge in [0.25, 0.3) is 0 Å². The summed E-state index contributed by atoms with van der Waals surface area (Å²) in [4.78, 5) is 0. The average molecular weight is 339 g/mol. The summed E-state index contributed by atoms with van der Waals surface area (Å²) in [6.45, 7) is 1.28. The zero-order chi connectivity index (χ0) is 17.3. The van der Waals surface area contributed by atoms with Crippen LogP contribution in [0.1, 0.15) is 0 Å². The smallest absolute Gasteiger partial charge is 0.404 e. The van der Waals surface area contributed by atoms with Crippen molar-refractivity contribution in [3.05, 3.63) is 85.1 Å². The highest BCUT2D eigenvalue weighted by Crippen LogP contribution is 2.36. The van der Waals surface area contributed by atoms with E-state index in [9.17, 15) is 0 Å². The largest absolute Gasteiger partial charge is 0.511 e. The van der Waals surface area contributed by atoms with Gasteiger partial charge in [-0.2, -0.15) is 0 Å². The van der Waals surface area contributed by atoms with Crippen LogP contribution in [0.2, 0.25) is 0 Å². The third kappa shape index (κ3) is 2.55. The normalized spacial score (nSPS) is 14.2. The van der Waals surface area contributed by atoms with Crippen molar-refractivity contribution in [3.63, 3.8) is 0 Å². The van der Waals surface area contributed by atoms with E-state index in [0.717, 1.165) is 11.1 Å². The minimum atomic E-state index is -0.307. The van der Waals surface area contributed by atoms with Crippen LogP contribution in [-0.4, -0.2) is 24.7 Å². The number of fused-ring (bicyclic) bond motifs is 1. The van der Waals surface area contributed by atoms with Crippen LogP contribution in [0.3, 0.4) is 0 Å². The van der Waals surface area contributed by atoms with Gasteiger partial charge in [-0.15, -0.1) is 0 Å². The van der Waals surface area contributed by atoms with Gasteiger partial charge in [0.1, 0.15) is 0 Å². The molecule has 1 aliphatic heterocycles. The van der Waals surface area contributed by atoms with Gasteiger partial charge in [-0.05, 0) is 23.3 Å². The number of hydrogen-bond acceptors (Lipinski definition) is 2. The van der Waals surface area contributed by atoms with Crippen molar-refractivity contribution >= 4 is 18.2 Å². The summed E-state index contributed by atoms with van der Waals surface area (Å²) in [6.07, 6.45) is 2.20. The first-order valence-corrected chi connectivity index (χ1v) is 8.90. The lowest BCUT2D eigenvalue weighted by Crippen LogP contribution is -2.36. The first-order valence-electron chi connectivity index (χ1n) is 8.90. The van der Waals surface area contributed by atoms with Gasteiger partial charge >= 0.3 is 7.12 Å². The number of rotatable bonds is 3. The molecule has 26 heavy (non-hydrogen) atoms. The van der Waals surface area contributed by atoms with Gasteiger partial charge in [0.05, 0.1) is 24.3 Å². The summed E-state index contributed by atoms with van der Waals surface area (Å²) in [5.41, 5.74) is 7.04. The molecular weight excluding hydrogens is 321 g/mol. The van der Waals surface area contributed by atoms with E-state index >= 15 is 0 Å². The van der Waals surface area contributed by atoms with E-state index in [-0.39, 0.29) is 7.12 Å². The lowest BCUT2D eigenvalue weighted by atomic mass is 9.84. The molecule has 0 unspecified atom stereocenters. The van der Waals surface area contributed by atoms with Gasteiger partial charge < -0.3 is 13.7 Å². The van der Waals surface area contributed by atoms with Crippen LogP contribution in [0.5, 0.6) is 0 Å². The number of hydrogen-bond donors (Lipinski definition) is 0. The molecule has 4 aromatic rings. The molecule has 3 nitrogen and oxygen atoms in total. The summed E-state index contributed by atoms with van der Waals surface area (Å²) in [5, 5.41) is 0. The molecule has 2 aromatic carbocycles. The Morgan fingerprint density at radius 2 is 1.35 bits per heavy atom. The lowest BCUT2D eigenvalue weighted by molar-refractivity contribution is 0.365. The highest BCUT2D eigenvalue weighted by molar-refractivity contribution is 6.61. The predicted octanol–water partition coefficient (Wildman–Crippen LogP) is 4.02. The molecule has 4 heteroatoms. The van der Waals surface area contributed by atoms with Gasteiger partial charge in [0.15, 0.2) is 0 Å². The molecule has 3 heterocycles. The van der Waals surface area contributed by atoms with Crippen LogP contribution in [0, 0.1) is 0 Å². The fourth-order valence-corrected chi connectivity index (χ4v) is 3.68. The Hall–Kier alpha value is -2.82. The van der Waals surface area contributed by atoms with E-state index < -0.39 is 0 Å². The molecule has 5 rings (SSSR count). The Balaban J connectivity index is 1.81. The van der Waals surface area contributed by atoms with Crippen LogP contribution in [-0.2, 0) is 9.31 Å². The summed E-state index contributed by atoms with van der Waals surface area (Å²) >= 11 is 0. The molecule has 0 bridgehead atoms. The highest BCUT2D eigenvalue weighted by Gasteiger charge is 2.29. The maximum atomic E-state index is 5.76. The van der Waals surface area contributed by atoms with Crippen LogP contribution in [0.15, 0.2) is 85.1 Å². The van der Waals surface area contributed by atoms with Crippen molar-refractivity contribution in [2.45, 2.75) is 0 Å². The maximum Gasteiger partial charge on any atom is 0.511 e. The fourth-order valence-electron chi connectivity index (χ4n) is 3.68. The van der Waals surface area contributed by atoms with Gasteiger partial charge in [-0.3, -0.25) is 0 Å². The van der Waals surface area contributed by atoms with E-state index in [2.05, 4.69) is 83.4 Å². The summed E-state index contributed by atoms with van der Waals surface area (Å²) < 4.78 is 13.7. The monoisotopic (exact) mass is 339 g/mol. The zero-order valence-corrected chi connectivity index (χ0v) is 14.3. The Labute approximate surface area is 153 Å². The van der Waals surface area contributed by atoms with Crippen molar-refractivity contribution in [3.8, 4) is 22.3 Å². The van der Waals surface area contributed by atoms with E-state index in [4.69, 9.17) is 9.31 Å². The van der Waals surface area contributed by atoms with Gasteiger partial charge in [0, 0.05) is 17.3 Å². The highest BCUT2D eigenvalue weighted by atomic mass is 16.6. The van der Waals surface area contributed by atoms with E-state index in [1.807, 2.05) is 6.07 Å². The second kappa shape index (κ2) is 6.48. The summed E-state index contributed by atoms with van der Waals surface area (Å²) in [7, 11) is -0.307. The lowest BCUT2D eigenvalue weighted by Gasteiger charge is -2.09. The molecule has 0 atom stereocenters. The molecule has 0 N–H and O–H groups in total. The Morgan fingerprint density at radius 3 is 2.04 bits per heavy atom. The first-order chi connectivity index (χ1) is 12.9. The second-order valence-electron chi connectivity index (χ2n) is 6.43. The maximum absolute atomic E-state index is 5.76. The standard InChI is InChI=1S/C22H18BNO2/c1-3-8-17(9-4-1)19-16-24-20(22(19)18-10-5-2-6-11-18)12-7-13-21(24)23-25-14-15-26-23/h1-13,16H,14-15H2. The van der Waals surface area contributed by atoms with Crippen LogP contribution >= 0.6 is 0 Å². The van der Waals surface area contributed by atoms with E-state index in [1.54, 1.807) is 0 Å². The molecule has 0 spiro atoms. The van der Waals surface area contributed by atoms with Gasteiger partial charge in [-0.25, -0.2) is 0 Å². The van der Waals surface area contributed by atoms with Crippen LogP contribution in [0.4, 0.5) is 0 Å². The van der Waals surface area contributed by atoms with Gasteiger partial charge in [0.2, 0.25) is 0 Å². The number of pyridine rings is 1. The molecule has 126 valence electrons. The SMILES string of the molecule is c1ccc(-c2cn3c(B4OCCO4)cccc3c2-c2ccccc2)cc1. The molecule has 1 fully saturated rings.